The fourth-order valence-corrected chi connectivity index (χ4v) is 4.94. The van der Waals surface area contributed by atoms with Crippen molar-refractivity contribution in [3.8, 4) is 10.4 Å². The zero-order valence-electron chi connectivity index (χ0n) is 8.72. The predicted molar refractivity (Wildman–Crippen MR) is 66.3 cm³/mol. The molecule has 4 nitrogen and oxygen atoms in total. The largest absolute Gasteiger partial charge is 0.252 e. The molecule has 16 heavy (non-hydrogen) atoms. The molecule has 0 aromatic carbocycles. The molecule has 0 radical (unpaired) electrons. The molecule has 0 aliphatic rings. The van der Waals surface area contributed by atoms with Crippen LogP contribution in [0.3, 0.4) is 0 Å². The second kappa shape index (κ2) is 3.92. The van der Waals surface area contributed by atoms with Gasteiger partial charge >= 0.3 is 0 Å². The number of thiazole rings is 1. The SMILES string of the molecule is Cc1sc(C)c(S(N)(=O)=O)c1-c1cncs1. The van der Waals surface area contributed by atoms with Gasteiger partial charge in [0, 0.05) is 21.5 Å². The Kier molecular flexibility index (Phi) is 2.87. The van der Waals surface area contributed by atoms with Gasteiger partial charge in [-0.2, -0.15) is 0 Å². The highest BCUT2D eigenvalue weighted by molar-refractivity contribution is 7.89. The molecule has 7 heteroatoms. The molecule has 86 valence electrons. The summed E-state index contributed by atoms with van der Waals surface area (Å²) in [6, 6.07) is 0. The van der Waals surface area contributed by atoms with Gasteiger partial charge < -0.3 is 0 Å². The maximum absolute atomic E-state index is 11.6. The van der Waals surface area contributed by atoms with Gasteiger partial charge in [-0.15, -0.1) is 22.7 Å². The van der Waals surface area contributed by atoms with Crippen molar-refractivity contribution in [1.82, 2.24) is 4.98 Å². The first-order chi connectivity index (χ1) is 7.41. The van der Waals surface area contributed by atoms with E-state index in [9.17, 15) is 8.42 Å². The minimum atomic E-state index is -3.68. The van der Waals surface area contributed by atoms with E-state index in [2.05, 4.69) is 4.98 Å². The van der Waals surface area contributed by atoms with Crippen LogP contribution in [0.2, 0.25) is 0 Å². The minimum absolute atomic E-state index is 0.235. The second-order valence-electron chi connectivity index (χ2n) is 3.33. The van der Waals surface area contributed by atoms with E-state index in [1.54, 1.807) is 18.6 Å². The summed E-state index contributed by atoms with van der Waals surface area (Å²) in [6.45, 7) is 3.66. The smallest absolute Gasteiger partial charge is 0.239 e. The molecule has 2 heterocycles. The van der Waals surface area contributed by atoms with E-state index in [4.69, 9.17) is 5.14 Å². The lowest BCUT2D eigenvalue weighted by molar-refractivity contribution is 0.598. The Hall–Kier alpha value is -0.760. The van der Waals surface area contributed by atoms with Gasteiger partial charge in [0.15, 0.2) is 0 Å². The van der Waals surface area contributed by atoms with Crippen LogP contribution >= 0.6 is 22.7 Å². The third-order valence-corrected chi connectivity index (χ3v) is 5.19. The van der Waals surface area contributed by atoms with E-state index in [1.165, 1.54) is 22.7 Å². The molecule has 0 fully saturated rings. The molecule has 2 rings (SSSR count). The third-order valence-electron chi connectivity index (χ3n) is 2.17. The van der Waals surface area contributed by atoms with Gasteiger partial charge in [-0.05, 0) is 13.8 Å². The van der Waals surface area contributed by atoms with Gasteiger partial charge in [-0.1, -0.05) is 0 Å². The predicted octanol–water partition coefficient (Wildman–Crippen LogP) is 2.14. The summed E-state index contributed by atoms with van der Waals surface area (Å²) in [6.07, 6.45) is 1.66. The standard InChI is InChI=1S/C9H10N2O2S3/c1-5-8(7-3-11-4-14-7)9(6(2)15-5)16(10,12)13/h3-4H,1-2H3,(H2,10,12,13). The summed E-state index contributed by atoms with van der Waals surface area (Å²) in [4.78, 5) is 6.71. The molecule has 2 N–H and O–H groups in total. The number of hydrogen-bond acceptors (Lipinski definition) is 5. The summed E-state index contributed by atoms with van der Waals surface area (Å²) in [5.41, 5.74) is 2.38. The van der Waals surface area contributed by atoms with E-state index in [0.717, 1.165) is 14.6 Å². The first kappa shape index (κ1) is 11.7. The molecule has 0 atom stereocenters. The summed E-state index contributed by atoms with van der Waals surface area (Å²) >= 11 is 2.85. The molecule has 2 aromatic rings. The number of sulfonamides is 1. The van der Waals surface area contributed by atoms with Crippen molar-refractivity contribution in [3.05, 3.63) is 21.5 Å². The lowest BCUT2D eigenvalue weighted by Gasteiger charge is -2.01. The molecule has 0 unspecified atom stereocenters. The second-order valence-corrected chi connectivity index (χ2v) is 7.14. The van der Waals surface area contributed by atoms with Gasteiger partial charge in [0.2, 0.25) is 10.0 Å². The van der Waals surface area contributed by atoms with Gasteiger partial charge in [-0.25, -0.2) is 13.6 Å². The van der Waals surface area contributed by atoms with Crippen LogP contribution in [-0.2, 0) is 10.0 Å². The van der Waals surface area contributed by atoms with Crippen molar-refractivity contribution in [3.63, 3.8) is 0 Å². The van der Waals surface area contributed by atoms with Gasteiger partial charge in [0.05, 0.1) is 10.4 Å². The highest BCUT2D eigenvalue weighted by atomic mass is 32.2. The number of nitrogens with zero attached hydrogens (tertiary/aromatic N) is 1. The van der Waals surface area contributed by atoms with E-state index in [1.807, 2.05) is 6.92 Å². The van der Waals surface area contributed by atoms with E-state index < -0.39 is 10.0 Å². The van der Waals surface area contributed by atoms with Gasteiger partial charge in [0.25, 0.3) is 0 Å². The fraction of sp³-hybridized carbons (Fsp3) is 0.222. The normalized spacial score (nSPS) is 11.9. The maximum atomic E-state index is 11.6. The number of thiophene rings is 1. The van der Waals surface area contributed by atoms with Crippen molar-refractivity contribution in [2.45, 2.75) is 18.7 Å². The summed E-state index contributed by atoms with van der Waals surface area (Å²) in [7, 11) is -3.68. The Labute approximate surface area is 102 Å². The van der Waals surface area contributed by atoms with Crippen LogP contribution in [0.5, 0.6) is 0 Å². The fourth-order valence-electron chi connectivity index (χ4n) is 1.63. The molecule has 0 amide bonds. The van der Waals surface area contributed by atoms with Crippen molar-refractivity contribution in [2.24, 2.45) is 5.14 Å². The van der Waals surface area contributed by atoms with Crippen LogP contribution in [-0.4, -0.2) is 13.4 Å². The average Bonchev–Trinajstić information content (AvgIpc) is 2.70. The molecular formula is C9H10N2O2S3. The average molecular weight is 274 g/mol. The monoisotopic (exact) mass is 274 g/mol. The summed E-state index contributed by atoms with van der Waals surface area (Å²) in [5.74, 6) is 0. The zero-order chi connectivity index (χ0) is 11.9. The lowest BCUT2D eigenvalue weighted by Crippen LogP contribution is -2.13. The van der Waals surface area contributed by atoms with Gasteiger partial charge in [-0.3, -0.25) is 4.98 Å². The number of hydrogen-bond donors (Lipinski definition) is 1. The topological polar surface area (TPSA) is 73.1 Å². The summed E-state index contributed by atoms with van der Waals surface area (Å²) < 4.78 is 23.1. The Morgan fingerprint density at radius 1 is 1.31 bits per heavy atom. The molecule has 0 saturated heterocycles. The number of nitrogens with two attached hydrogens (primary N) is 1. The molecule has 2 aromatic heterocycles. The molecule has 0 spiro atoms. The molecule has 0 aliphatic carbocycles. The van der Waals surface area contributed by atoms with Crippen molar-refractivity contribution >= 4 is 32.7 Å². The van der Waals surface area contributed by atoms with E-state index >= 15 is 0 Å². The minimum Gasteiger partial charge on any atom is -0.252 e. The van der Waals surface area contributed by atoms with Crippen molar-refractivity contribution in [2.75, 3.05) is 0 Å². The van der Waals surface area contributed by atoms with Gasteiger partial charge in [0.1, 0.15) is 4.90 Å². The number of rotatable bonds is 2. The van der Waals surface area contributed by atoms with Crippen molar-refractivity contribution < 1.29 is 8.42 Å². The van der Waals surface area contributed by atoms with Crippen LogP contribution in [0.15, 0.2) is 16.6 Å². The molecule has 0 saturated carbocycles. The Bertz CT molecular complexity index is 611. The van der Waals surface area contributed by atoms with Crippen LogP contribution in [0.25, 0.3) is 10.4 Å². The van der Waals surface area contributed by atoms with E-state index in [0.29, 0.717) is 5.56 Å². The number of aromatic nitrogens is 1. The Morgan fingerprint density at radius 3 is 2.50 bits per heavy atom. The highest BCUT2D eigenvalue weighted by Gasteiger charge is 2.23. The molecule has 0 bridgehead atoms. The van der Waals surface area contributed by atoms with Crippen LogP contribution < -0.4 is 5.14 Å². The Balaban J connectivity index is 2.80. The van der Waals surface area contributed by atoms with Crippen LogP contribution in [0, 0.1) is 13.8 Å². The quantitative estimate of drug-likeness (QED) is 0.911. The lowest BCUT2D eigenvalue weighted by atomic mass is 10.2. The van der Waals surface area contributed by atoms with Crippen LogP contribution in [0.1, 0.15) is 9.75 Å². The first-order valence-electron chi connectivity index (χ1n) is 4.43. The highest BCUT2D eigenvalue weighted by Crippen LogP contribution is 2.39. The summed E-state index contributed by atoms with van der Waals surface area (Å²) in [5, 5.41) is 5.24. The first-order valence-corrected chi connectivity index (χ1v) is 7.67. The number of aryl methyl sites for hydroxylation is 2. The maximum Gasteiger partial charge on any atom is 0.239 e. The van der Waals surface area contributed by atoms with Crippen molar-refractivity contribution in [1.29, 1.82) is 0 Å². The molecule has 0 aliphatic heterocycles. The molecular weight excluding hydrogens is 264 g/mol. The third kappa shape index (κ3) is 1.91. The Morgan fingerprint density at radius 2 is 2.00 bits per heavy atom. The zero-order valence-corrected chi connectivity index (χ0v) is 11.2. The number of primary sulfonamides is 1. The van der Waals surface area contributed by atoms with E-state index in [-0.39, 0.29) is 4.90 Å². The van der Waals surface area contributed by atoms with Crippen LogP contribution in [0.4, 0.5) is 0 Å².